The number of nitrogens with one attached hydrogen (secondary N) is 3. The molecule has 0 bridgehead atoms. The largest absolute Gasteiger partial charge is 0.462 e. The van der Waals surface area contributed by atoms with E-state index in [9.17, 15) is 43.2 Å². The van der Waals surface area contributed by atoms with E-state index in [0.29, 0.717) is 12.0 Å². The van der Waals surface area contributed by atoms with Crippen molar-refractivity contribution in [3.05, 3.63) is 88.7 Å². The van der Waals surface area contributed by atoms with Crippen molar-refractivity contribution < 1.29 is 62.2 Å². The SMILES string of the molecule is CCOC(=O)c1cn(CC)c(C(=O)N[C@@H]2C(=O)N[C@H](CC)C(=O)N3CCC[C@H]3C(=O)N(C)[C@@H](Cc3ccc(N(C)C)cc3)C(=O)N3CCC(=O)C[C@H]3C(=O)N[C@@H](c3ccccc3)C(=O)O[C@@H]2C)c1C(=O)OCC. The summed E-state index contributed by atoms with van der Waals surface area (Å²) in [5.41, 5.74) is 0.694. The molecule has 3 aliphatic heterocycles. The highest BCUT2D eigenvalue weighted by atomic mass is 16.5. The van der Waals surface area contributed by atoms with Crippen LogP contribution in [-0.4, -0.2) is 162 Å². The van der Waals surface area contributed by atoms with Crippen LogP contribution in [-0.2, 0) is 60.7 Å². The molecule has 3 saturated heterocycles. The molecule has 3 aromatic rings. The fourth-order valence-electron chi connectivity index (χ4n) is 9.45. The Morgan fingerprint density at radius 3 is 2.08 bits per heavy atom. The summed E-state index contributed by atoms with van der Waals surface area (Å²) in [5, 5.41) is 7.97. The molecule has 0 unspecified atom stereocenters. The maximum Gasteiger partial charge on any atom is 0.341 e. The number of rotatable bonds is 12. The van der Waals surface area contributed by atoms with Crippen molar-refractivity contribution >= 4 is 64.8 Å². The minimum atomic E-state index is -1.83. The number of carbonyl (C=O) groups is 10. The van der Waals surface area contributed by atoms with Crippen molar-refractivity contribution in [2.45, 2.75) is 122 Å². The van der Waals surface area contributed by atoms with E-state index in [1.165, 1.54) is 58.5 Å². The lowest BCUT2D eigenvalue weighted by Crippen LogP contribution is -2.61. The smallest absolute Gasteiger partial charge is 0.341 e. The van der Waals surface area contributed by atoms with Crippen molar-refractivity contribution in [1.82, 2.24) is 35.2 Å². The number of amides is 6. The number of esters is 3. The van der Waals surface area contributed by atoms with Gasteiger partial charge in [-0.05, 0) is 70.2 Å². The van der Waals surface area contributed by atoms with Gasteiger partial charge in [-0.2, -0.15) is 0 Å². The molecule has 0 spiro atoms. The Morgan fingerprint density at radius 1 is 0.795 bits per heavy atom. The van der Waals surface area contributed by atoms with Crippen LogP contribution in [0.5, 0.6) is 0 Å². The lowest BCUT2D eigenvalue weighted by atomic mass is 9.95. The molecule has 21 nitrogen and oxygen atoms in total. The Balaban J connectivity index is 1.46. The van der Waals surface area contributed by atoms with Crippen LogP contribution in [0.15, 0.2) is 60.8 Å². The van der Waals surface area contributed by atoms with Gasteiger partial charge >= 0.3 is 17.9 Å². The number of likely N-dealkylation sites (N-methyl/N-ethyl adjacent to an activating group) is 1. The molecule has 3 fully saturated rings. The summed E-state index contributed by atoms with van der Waals surface area (Å²) in [6, 6.07) is 6.86. The third-order valence-electron chi connectivity index (χ3n) is 13.4. The maximum atomic E-state index is 15.1. The molecule has 392 valence electrons. The highest BCUT2D eigenvalue weighted by Gasteiger charge is 2.46. The summed E-state index contributed by atoms with van der Waals surface area (Å²) >= 11 is 0. The number of aryl methyl sites for hydroxylation is 1. The first-order chi connectivity index (χ1) is 34.8. The van der Waals surface area contributed by atoms with Gasteiger partial charge in [0.05, 0.1) is 18.8 Å². The number of nitrogens with zero attached hydrogens (tertiary/aromatic N) is 5. The molecular weight excluding hydrogens is 945 g/mol. The molecule has 0 aliphatic carbocycles. The van der Waals surface area contributed by atoms with Gasteiger partial charge in [-0.1, -0.05) is 49.4 Å². The first kappa shape index (κ1) is 54.7. The van der Waals surface area contributed by atoms with Crippen molar-refractivity contribution in [2.24, 2.45) is 0 Å². The van der Waals surface area contributed by atoms with Crippen LogP contribution in [0.1, 0.15) is 115 Å². The van der Waals surface area contributed by atoms with Crippen LogP contribution in [0.25, 0.3) is 0 Å². The van der Waals surface area contributed by atoms with E-state index >= 15 is 4.79 Å². The van der Waals surface area contributed by atoms with Gasteiger partial charge in [0.15, 0.2) is 6.04 Å². The number of fused-ring (bicyclic) bond motifs is 2. The fourth-order valence-corrected chi connectivity index (χ4v) is 9.45. The summed E-state index contributed by atoms with van der Waals surface area (Å²) in [4.78, 5) is 149. The van der Waals surface area contributed by atoms with Gasteiger partial charge in [-0.15, -0.1) is 0 Å². The lowest BCUT2D eigenvalue weighted by Gasteiger charge is -2.40. The Morgan fingerprint density at radius 2 is 1.45 bits per heavy atom. The van der Waals surface area contributed by atoms with Crippen LogP contribution in [0.4, 0.5) is 5.69 Å². The standard InChI is InChI=1S/C52H66N8O13/c1-9-36-47(65)59-25-16-19-37(59)48(66)57(8)39(27-31-20-22-33(23-21-31)56(6)7)49(67)60-26-24-34(61)28-38(60)44(62)55-42(32-17-14-13-15-18-32)52(70)73-30(5)41(45(63)53-36)54-46(64)43-40(51(69)72-12-4)35(29-58(43)10-2)50(68)71-11-3/h13-15,17-18,20-23,29-30,36-39,41-42H,9-12,16,19,24-28H2,1-8H3,(H,53,63)(H,54,64)(H,55,62)/t30-,36-,37+,38+,39+,41+,42+/m1/s1. The third-order valence-corrected chi connectivity index (χ3v) is 13.4. The monoisotopic (exact) mass is 1010 g/mol. The average Bonchev–Trinajstić information content (AvgIpc) is 4.04. The van der Waals surface area contributed by atoms with Crippen molar-refractivity contribution in [3.8, 4) is 0 Å². The minimum absolute atomic E-state index is 0.000239. The van der Waals surface area contributed by atoms with Gasteiger partial charge in [0.2, 0.25) is 29.5 Å². The second-order valence-electron chi connectivity index (χ2n) is 18.4. The molecule has 0 radical (unpaired) electrons. The van der Waals surface area contributed by atoms with Gasteiger partial charge in [-0.3, -0.25) is 33.6 Å². The summed E-state index contributed by atoms with van der Waals surface area (Å²) < 4.78 is 17.7. The predicted molar refractivity (Wildman–Crippen MR) is 264 cm³/mol. The van der Waals surface area contributed by atoms with Crippen LogP contribution in [0.3, 0.4) is 0 Å². The van der Waals surface area contributed by atoms with E-state index in [-0.39, 0.29) is 81.1 Å². The Kier molecular flexibility index (Phi) is 18.2. The number of ether oxygens (including phenoxy) is 3. The first-order valence-electron chi connectivity index (χ1n) is 24.7. The summed E-state index contributed by atoms with van der Waals surface area (Å²) in [5.74, 6) is -8.18. The predicted octanol–water partition coefficient (Wildman–Crippen LogP) is 2.34. The molecule has 0 saturated carbocycles. The van der Waals surface area contributed by atoms with Crippen LogP contribution < -0.4 is 20.9 Å². The number of anilines is 1. The molecule has 3 N–H and O–H groups in total. The van der Waals surface area contributed by atoms with Crippen LogP contribution in [0.2, 0.25) is 0 Å². The molecule has 73 heavy (non-hydrogen) atoms. The van der Waals surface area contributed by atoms with Crippen molar-refractivity contribution in [2.75, 3.05) is 52.3 Å². The lowest BCUT2D eigenvalue weighted by molar-refractivity contribution is -0.156. The van der Waals surface area contributed by atoms with Crippen LogP contribution in [0, 0.1) is 0 Å². The fraction of sp³-hybridized carbons (Fsp3) is 0.500. The van der Waals surface area contributed by atoms with Gasteiger partial charge in [0, 0.05) is 71.9 Å². The minimum Gasteiger partial charge on any atom is -0.462 e. The topological polar surface area (TPSA) is 252 Å². The third kappa shape index (κ3) is 12.2. The summed E-state index contributed by atoms with van der Waals surface area (Å²) in [7, 11) is 5.22. The first-order valence-corrected chi connectivity index (χ1v) is 24.7. The molecule has 1 aromatic heterocycles. The van der Waals surface area contributed by atoms with E-state index < -0.39 is 108 Å². The summed E-state index contributed by atoms with van der Waals surface area (Å²) in [6.07, 6.45) is -0.197. The molecule has 4 heterocycles. The molecule has 6 rings (SSSR count). The zero-order valence-corrected chi connectivity index (χ0v) is 42.6. The molecule has 21 heteroatoms. The Bertz CT molecular complexity index is 2580. The molecule has 2 aromatic carbocycles. The number of carbonyl (C=O) groups excluding carboxylic acids is 10. The van der Waals surface area contributed by atoms with Gasteiger partial charge in [-0.25, -0.2) is 14.4 Å². The van der Waals surface area contributed by atoms with Crippen molar-refractivity contribution in [1.29, 1.82) is 0 Å². The highest BCUT2D eigenvalue weighted by Crippen LogP contribution is 2.28. The second-order valence-corrected chi connectivity index (χ2v) is 18.4. The normalized spacial score (nSPS) is 23.5. The van der Waals surface area contributed by atoms with Gasteiger partial charge in [0.1, 0.15) is 53.4 Å². The highest BCUT2D eigenvalue weighted by molar-refractivity contribution is 6.12. The number of hydrogen-bond donors (Lipinski definition) is 3. The Labute approximate surface area is 424 Å². The average molecular weight is 1010 g/mol. The molecular formula is C52H66N8O13. The van der Waals surface area contributed by atoms with E-state index in [1.807, 2.05) is 43.3 Å². The molecule has 6 amide bonds. The molecule has 3 aliphatic rings. The van der Waals surface area contributed by atoms with E-state index in [2.05, 4.69) is 16.0 Å². The zero-order valence-electron chi connectivity index (χ0n) is 42.6. The zero-order chi connectivity index (χ0) is 53.3. The van der Waals surface area contributed by atoms with Crippen molar-refractivity contribution in [3.63, 3.8) is 0 Å². The summed E-state index contributed by atoms with van der Waals surface area (Å²) in [6.45, 7) is 7.48. The Hall–Kier alpha value is -7.58. The number of cyclic esters (lactones) is 1. The second kappa shape index (κ2) is 24.2. The number of aromatic nitrogens is 1. The number of hydrogen-bond acceptors (Lipinski definition) is 14. The maximum absolute atomic E-state index is 15.1. The van der Waals surface area contributed by atoms with Gasteiger partial charge < -0.3 is 54.3 Å². The van der Waals surface area contributed by atoms with Gasteiger partial charge in [0.25, 0.3) is 5.91 Å². The number of benzene rings is 2. The van der Waals surface area contributed by atoms with E-state index in [4.69, 9.17) is 14.2 Å². The quantitative estimate of drug-likeness (QED) is 0.174. The van der Waals surface area contributed by atoms with E-state index in [0.717, 1.165) is 5.69 Å². The number of ketones is 1. The number of piperidine rings is 1. The number of Topliss-reactive ketones (excluding diaryl/α,β-unsaturated/α-hetero) is 1. The van der Waals surface area contributed by atoms with Crippen LogP contribution >= 0.6 is 0 Å². The molecule has 7 atom stereocenters. The van der Waals surface area contributed by atoms with E-state index in [1.54, 1.807) is 39.0 Å².